The minimum absolute atomic E-state index is 0.188. The Balaban J connectivity index is 1.79. The number of benzene rings is 2. The van der Waals surface area contributed by atoms with Crippen molar-refractivity contribution in [1.29, 1.82) is 0 Å². The van der Waals surface area contributed by atoms with E-state index >= 15 is 0 Å². The fourth-order valence-corrected chi connectivity index (χ4v) is 3.09. The molecule has 2 aromatic rings. The summed E-state index contributed by atoms with van der Waals surface area (Å²) in [4.78, 5) is 23.9. The van der Waals surface area contributed by atoms with Gasteiger partial charge in [-0.2, -0.15) is 0 Å². The lowest BCUT2D eigenvalue weighted by Crippen LogP contribution is -2.11. The van der Waals surface area contributed by atoms with Gasteiger partial charge in [0.25, 0.3) is 0 Å². The van der Waals surface area contributed by atoms with Gasteiger partial charge in [0.05, 0.1) is 26.1 Å². The first kappa shape index (κ1) is 21.7. The van der Waals surface area contributed by atoms with Crippen molar-refractivity contribution < 1.29 is 19.1 Å². The lowest BCUT2D eigenvalue weighted by Gasteiger charge is -2.12. The number of carbonyl (C=O) groups excluding carboxylic acids is 2. The van der Waals surface area contributed by atoms with Crippen LogP contribution >= 0.6 is 0 Å². The lowest BCUT2D eigenvalue weighted by molar-refractivity contribution is -0.143. The first-order chi connectivity index (χ1) is 13.5. The van der Waals surface area contributed by atoms with Crippen LogP contribution in [0.1, 0.15) is 47.6 Å². The lowest BCUT2D eigenvalue weighted by atomic mass is 9.97. The zero-order valence-electron chi connectivity index (χ0n) is 17.1. The van der Waals surface area contributed by atoms with Crippen molar-refractivity contribution in [2.24, 2.45) is 0 Å². The van der Waals surface area contributed by atoms with Crippen LogP contribution in [0.25, 0.3) is 0 Å². The van der Waals surface area contributed by atoms with Gasteiger partial charge in [-0.05, 0) is 60.9 Å². The number of rotatable bonds is 10. The highest BCUT2D eigenvalue weighted by Crippen LogP contribution is 2.17. The molecule has 0 unspecified atom stereocenters. The first-order valence-corrected chi connectivity index (χ1v) is 9.94. The van der Waals surface area contributed by atoms with Gasteiger partial charge in [-0.15, -0.1) is 0 Å². The monoisotopic (exact) mass is 382 g/mol. The molecule has 0 N–H and O–H groups in total. The van der Waals surface area contributed by atoms with E-state index in [0.717, 1.165) is 41.5 Å². The summed E-state index contributed by atoms with van der Waals surface area (Å²) in [5.74, 6) is -0.384. The number of hydrogen-bond donors (Lipinski definition) is 0. The van der Waals surface area contributed by atoms with Gasteiger partial charge < -0.3 is 9.47 Å². The molecule has 0 saturated carbocycles. The maximum Gasteiger partial charge on any atom is 0.310 e. The molecule has 0 bridgehead atoms. The van der Waals surface area contributed by atoms with Crippen LogP contribution in [0.15, 0.2) is 42.5 Å². The Morgan fingerprint density at radius 2 is 1.39 bits per heavy atom. The molecule has 0 saturated heterocycles. The molecule has 28 heavy (non-hydrogen) atoms. The maximum atomic E-state index is 12.0. The van der Waals surface area contributed by atoms with Crippen LogP contribution in [-0.4, -0.2) is 25.2 Å². The molecule has 4 nitrogen and oxygen atoms in total. The van der Waals surface area contributed by atoms with Crippen molar-refractivity contribution in [3.05, 3.63) is 70.3 Å². The van der Waals surface area contributed by atoms with E-state index in [0.29, 0.717) is 26.1 Å². The standard InChI is InChI=1S/C24H30O4/c1-4-14-27-24(26)17-22-12-7-11-20(19(22)3)13-8-15-28-23(25)16-21-10-6-5-9-18(21)2/h5-7,9-12H,4,8,13-17H2,1-3H3. The molecule has 2 aromatic carbocycles. The molecule has 0 aliphatic rings. The van der Waals surface area contributed by atoms with Gasteiger partial charge in [0.15, 0.2) is 0 Å². The second-order valence-electron chi connectivity index (χ2n) is 7.03. The zero-order valence-corrected chi connectivity index (χ0v) is 17.1. The summed E-state index contributed by atoms with van der Waals surface area (Å²) in [5.41, 5.74) is 5.39. The molecule has 0 heterocycles. The molecule has 0 atom stereocenters. The Kier molecular flexibility index (Phi) is 8.73. The largest absolute Gasteiger partial charge is 0.465 e. The third kappa shape index (κ3) is 6.84. The average Bonchev–Trinajstić information content (AvgIpc) is 2.68. The van der Waals surface area contributed by atoms with E-state index in [1.54, 1.807) is 0 Å². The third-order valence-corrected chi connectivity index (χ3v) is 4.81. The van der Waals surface area contributed by atoms with Gasteiger partial charge >= 0.3 is 11.9 Å². The Bertz CT molecular complexity index is 795. The highest BCUT2D eigenvalue weighted by Gasteiger charge is 2.10. The fraction of sp³-hybridized carbons (Fsp3) is 0.417. The topological polar surface area (TPSA) is 52.6 Å². The third-order valence-electron chi connectivity index (χ3n) is 4.81. The first-order valence-electron chi connectivity index (χ1n) is 9.94. The minimum Gasteiger partial charge on any atom is -0.465 e. The fourth-order valence-electron chi connectivity index (χ4n) is 3.09. The molecular formula is C24H30O4. The summed E-state index contributed by atoms with van der Waals surface area (Å²) in [6, 6.07) is 13.8. The van der Waals surface area contributed by atoms with Crippen LogP contribution in [0.5, 0.6) is 0 Å². The van der Waals surface area contributed by atoms with E-state index in [4.69, 9.17) is 9.47 Å². The van der Waals surface area contributed by atoms with Crippen molar-refractivity contribution in [2.75, 3.05) is 13.2 Å². The number of aryl methyl sites for hydroxylation is 2. The van der Waals surface area contributed by atoms with Crippen LogP contribution in [0.3, 0.4) is 0 Å². The van der Waals surface area contributed by atoms with Crippen molar-refractivity contribution in [1.82, 2.24) is 0 Å². The Hall–Kier alpha value is -2.62. The summed E-state index contributed by atoms with van der Waals surface area (Å²) in [7, 11) is 0. The molecule has 4 heteroatoms. The van der Waals surface area contributed by atoms with E-state index in [2.05, 4.69) is 6.07 Å². The summed E-state index contributed by atoms with van der Waals surface area (Å²) in [6.07, 6.45) is 2.99. The molecule has 0 spiro atoms. The minimum atomic E-state index is -0.196. The van der Waals surface area contributed by atoms with E-state index in [1.807, 2.05) is 57.2 Å². The highest BCUT2D eigenvalue weighted by atomic mass is 16.5. The summed E-state index contributed by atoms with van der Waals surface area (Å²) >= 11 is 0. The Morgan fingerprint density at radius 3 is 2.11 bits per heavy atom. The summed E-state index contributed by atoms with van der Waals surface area (Å²) < 4.78 is 10.6. The molecule has 0 fully saturated rings. The van der Waals surface area contributed by atoms with Gasteiger partial charge in [0.1, 0.15) is 0 Å². The zero-order chi connectivity index (χ0) is 20.4. The maximum absolute atomic E-state index is 12.0. The van der Waals surface area contributed by atoms with Crippen LogP contribution in [0, 0.1) is 13.8 Å². The van der Waals surface area contributed by atoms with Crippen molar-refractivity contribution in [3.8, 4) is 0 Å². The Morgan fingerprint density at radius 1 is 0.786 bits per heavy atom. The van der Waals surface area contributed by atoms with Crippen molar-refractivity contribution in [2.45, 2.75) is 52.9 Å². The number of carbonyl (C=O) groups is 2. The van der Waals surface area contributed by atoms with Gasteiger partial charge in [0, 0.05) is 0 Å². The average molecular weight is 383 g/mol. The summed E-state index contributed by atoms with van der Waals surface area (Å²) in [5, 5.41) is 0. The predicted octanol–water partition coefficient (Wildman–Crippen LogP) is 4.52. The smallest absolute Gasteiger partial charge is 0.310 e. The molecule has 0 radical (unpaired) electrons. The molecule has 0 aliphatic heterocycles. The van der Waals surface area contributed by atoms with E-state index in [-0.39, 0.29) is 11.9 Å². The van der Waals surface area contributed by atoms with Gasteiger partial charge in [0.2, 0.25) is 0 Å². The van der Waals surface area contributed by atoms with Crippen molar-refractivity contribution in [3.63, 3.8) is 0 Å². The SMILES string of the molecule is CCCOC(=O)Cc1cccc(CCCOC(=O)Cc2ccccc2C)c1C. The van der Waals surface area contributed by atoms with Crippen LogP contribution in [0.4, 0.5) is 0 Å². The highest BCUT2D eigenvalue weighted by molar-refractivity contribution is 5.73. The van der Waals surface area contributed by atoms with Crippen LogP contribution in [0.2, 0.25) is 0 Å². The molecule has 2 rings (SSSR count). The van der Waals surface area contributed by atoms with Crippen LogP contribution < -0.4 is 0 Å². The quantitative estimate of drug-likeness (QED) is 0.448. The van der Waals surface area contributed by atoms with Gasteiger partial charge in [-0.3, -0.25) is 9.59 Å². The normalized spacial score (nSPS) is 10.5. The Labute approximate surface area is 167 Å². The number of hydrogen-bond acceptors (Lipinski definition) is 4. The van der Waals surface area contributed by atoms with Crippen LogP contribution in [-0.2, 0) is 38.3 Å². The van der Waals surface area contributed by atoms with Crippen molar-refractivity contribution >= 4 is 11.9 Å². The summed E-state index contributed by atoms with van der Waals surface area (Å²) in [6.45, 7) is 6.86. The number of esters is 2. The molecule has 150 valence electrons. The van der Waals surface area contributed by atoms with Gasteiger partial charge in [-0.1, -0.05) is 49.4 Å². The van der Waals surface area contributed by atoms with E-state index < -0.39 is 0 Å². The molecule has 0 aliphatic carbocycles. The molecular weight excluding hydrogens is 352 g/mol. The second kappa shape index (κ2) is 11.3. The second-order valence-corrected chi connectivity index (χ2v) is 7.03. The van der Waals surface area contributed by atoms with Gasteiger partial charge in [-0.25, -0.2) is 0 Å². The predicted molar refractivity (Wildman–Crippen MR) is 110 cm³/mol. The molecule has 0 amide bonds. The molecule has 0 aromatic heterocycles. The van der Waals surface area contributed by atoms with E-state index in [9.17, 15) is 9.59 Å². The van der Waals surface area contributed by atoms with E-state index in [1.165, 1.54) is 5.56 Å². The number of ether oxygens (including phenoxy) is 2.